The van der Waals surface area contributed by atoms with Crippen LogP contribution in [0.15, 0.2) is 24.3 Å². The van der Waals surface area contributed by atoms with Gasteiger partial charge >= 0.3 is 0 Å². The van der Waals surface area contributed by atoms with Gasteiger partial charge in [0.2, 0.25) is 0 Å². The Labute approximate surface area is 111 Å². The van der Waals surface area contributed by atoms with E-state index >= 15 is 0 Å². The summed E-state index contributed by atoms with van der Waals surface area (Å²) in [6.07, 6.45) is 4.06. The Morgan fingerprint density at radius 1 is 1.22 bits per heavy atom. The fourth-order valence-corrected chi connectivity index (χ4v) is 2.10. The summed E-state index contributed by atoms with van der Waals surface area (Å²) in [5, 5.41) is 12.7. The maximum absolute atomic E-state index is 9.17. The zero-order valence-corrected chi connectivity index (χ0v) is 11.9. The molecule has 1 rings (SSSR count). The summed E-state index contributed by atoms with van der Waals surface area (Å²) in [7, 11) is 0. The second kappa shape index (κ2) is 8.28. The fraction of sp³-hybridized carbons (Fsp3) is 0.625. The van der Waals surface area contributed by atoms with Crippen LogP contribution in [0, 0.1) is 6.92 Å². The topological polar surface area (TPSA) is 32.3 Å². The van der Waals surface area contributed by atoms with Crippen LogP contribution in [0.2, 0.25) is 0 Å². The molecule has 2 unspecified atom stereocenters. The summed E-state index contributed by atoms with van der Waals surface area (Å²) in [4.78, 5) is 0. The van der Waals surface area contributed by atoms with E-state index in [9.17, 15) is 0 Å². The predicted molar refractivity (Wildman–Crippen MR) is 77.9 cm³/mol. The summed E-state index contributed by atoms with van der Waals surface area (Å²) >= 11 is 0. The van der Waals surface area contributed by atoms with Crippen LogP contribution in [0.1, 0.15) is 44.2 Å². The van der Waals surface area contributed by atoms with E-state index in [2.05, 4.69) is 43.4 Å². The van der Waals surface area contributed by atoms with Crippen LogP contribution >= 0.6 is 0 Å². The monoisotopic (exact) mass is 249 g/mol. The van der Waals surface area contributed by atoms with Crippen molar-refractivity contribution >= 4 is 0 Å². The lowest BCUT2D eigenvalue weighted by molar-refractivity contribution is 0.181. The molecule has 18 heavy (non-hydrogen) atoms. The molecule has 0 bridgehead atoms. The highest BCUT2D eigenvalue weighted by Gasteiger charge is 2.02. The summed E-state index contributed by atoms with van der Waals surface area (Å²) in [5.74, 6) is 0. The molecule has 0 heterocycles. The molecular formula is C16H27NO. The molecule has 0 aliphatic carbocycles. The van der Waals surface area contributed by atoms with Gasteiger partial charge in [0.1, 0.15) is 0 Å². The summed E-state index contributed by atoms with van der Waals surface area (Å²) in [6.45, 7) is 7.22. The number of rotatable bonds is 8. The Balaban J connectivity index is 2.15. The Hall–Kier alpha value is -0.860. The van der Waals surface area contributed by atoms with Crippen molar-refractivity contribution < 1.29 is 5.11 Å². The van der Waals surface area contributed by atoms with Crippen LogP contribution in [-0.4, -0.2) is 23.8 Å². The van der Waals surface area contributed by atoms with Crippen molar-refractivity contribution in [3.63, 3.8) is 0 Å². The van der Waals surface area contributed by atoms with Crippen LogP contribution in [0.5, 0.6) is 0 Å². The third-order valence-electron chi connectivity index (χ3n) is 3.24. The van der Waals surface area contributed by atoms with E-state index in [1.54, 1.807) is 0 Å². The van der Waals surface area contributed by atoms with Crippen molar-refractivity contribution in [2.24, 2.45) is 0 Å². The van der Waals surface area contributed by atoms with Crippen LogP contribution in [0.4, 0.5) is 0 Å². The zero-order chi connectivity index (χ0) is 13.4. The number of aliphatic hydroxyl groups is 1. The Morgan fingerprint density at radius 3 is 2.67 bits per heavy atom. The summed E-state index contributed by atoms with van der Waals surface area (Å²) in [5.41, 5.74) is 2.76. The average molecular weight is 249 g/mol. The summed E-state index contributed by atoms with van der Waals surface area (Å²) < 4.78 is 0. The molecule has 102 valence electrons. The second-order valence-corrected chi connectivity index (χ2v) is 5.37. The van der Waals surface area contributed by atoms with Crippen molar-refractivity contribution in [3.8, 4) is 0 Å². The minimum Gasteiger partial charge on any atom is -0.393 e. The van der Waals surface area contributed by atoms with Crippen LogP contribution in [-0.2, 0) is 6.42 Å². The molecule has 1 aromatic carbocycles. The van der Waals surface area contributed by atoms with Crippen molar-refractivity contribution in [2.75, 3.05) is 6.54 Å². The molecule has 0 fully saturated rings. The molecule has 2 atom stereocenters. The molecule has 1 aromatic rings. The number of hydrogen-bond donors (Lipinski definition) is 2. The molecule has 0 saturated carbocycles. The molecule has 0 radical (unpaired) electrons. The first-order valence-corrected chi connectivity index (χ1v) is 7.05. The quantitative estimate of drug-likeness (QED) is 0.694. The van der Waals surface area contributed by atoms with E-state index in [1.807, 2.05) is 6.92 Å². The molecule has 0 aliphatic heterocycles. The molecule has 0 aliphatic rings. The molecule has 2 heteroatoms. The molecule has 0 amide bonds. The standard InChI is InChI=1S/C16H27NO/c1-13-6-4-8-16(12-13)10-9-14(2)17-11-5-7-15(3)18/h4,6,8,12,14-15,17-18H,5,7,9-11H2,1-3H3. The smallest absolute Gasteiger partial charge is 0.0512 e. The highest BCUT2D eigenvalue weighted by molar-refractivity contribution is 5.22. The number of nitrogens with one attached hydrogen (secondary N) is 1. The highest BCUT2D eigenvalue weighted by Crippen LogP contribution is 2.08. The minimum atomic E-state index is -0.172. The van der Waals surface area contributed by atoms with E-state index in [1.165, 1.54) is 11.1 Å². The predicted octanol–water partition coefficient (Wildman–Crippen LogP) is 3.07. The van der Waals surface area contributed by atoms with Gasteiger partial charge in [0, 0.05) is 6.04 Å². The Morgan fingerprint density at radius 2 is 2.00 bits per heavy atom. The van der Waals surface area contributed by atoms with Gasteiger partial charge in [-0.1, -0.05) is 29.8 Å². The van der Waals surface area contributed by atoms with Crippen molar-refractivity contribution in [1.82, 2.24) is 5.32 Å². The molecular weight excluding hydrogens is 222 g/mol. The van der Waals surface area contributed by atoms with Crippen LogP contribution in [0.25, 0.3) is 0 Å². The number of aryl methyl sites for hydroxylation is 2. The number of hydrogen-bond acceptors (Lipinski definition) is 2. The van der Waals surface area contributed by atoms with Gasteiger partial charge in [0.05, 0.1) is 6.10 Å². The van der Waals surface area contributed by atoms with Gasteiger partial charge in [-0.2, -0.15) is 0 Å². The SMILES string of the molecule is Cc1cccc(CCC(C)NCCCC(C)O)c1. The van der Waals surface area contributed by atoms with E-state index in [0.717, 1.165) is 32.2 Å². The Kier molecular flexibility index (Phi) is 6.99. The van der Waals surface area contributed by atoms with Crippen molar-refractivity contribution in [3.05, 3.63) is 35.4 Å². The molecule has 0 saturated heterocycles. The van der Waals surface area contributed by atoms with Gasteiger partial charge in [0.25, 0.3) is 0 Å². The lowest BCUT2D eigenvalue weighted by Gasteiger charge is -2.14. The minimum absolute atomic E-state index is 0.172. The average Bonchev–Trinajstić information content (AvgIpc) is 2.32. The lowest BCUT2D eigenvalue weighted by atomic mass is 10.0. The highest BCUT2D eigenvalue weighted by atomic mass is 16.3. The van der Waals surface area contributed by atoms with Gasteiger partial charge in [-0.05, 0) is 58.6 Å². The maximum Gasteiger partial charge on any atom is 0.0512 e. The first kappa shape index (κ1) is 15.2. The molecule has 2 N–H and O–H groups in total. The van der Waals surface area contributed by atoms with Gasteiger partial charge in [-0.3, -0.25) is 0 Å². The van der Waals surface area contributed by atoms with E-state index in [0.29, 0.717) is 6.04 Å². The van der Waals surface area contributed by atoms with E-state index < -0.39 is 0 Å². The van der Waals surface area contributed by atoms with Crippen molar-refractivity contribution in [2.45, 2.75) is 58.6 Å². The molecule has 0 aromatic heterocycles. The Bertz CT molecular complexity index is 336. The summed E-state index contributed by atoms with van der Waals surface area (Å²) in [6, 6.07) is 9.28. The van der Waals surface area contributed by atoms with Gasteiger partial charge in [0.15, 0.2) is 0 Å². The van der Waals surface area contributed by atoms with Gasteiger partial charge in [-0.15, -0.1) is 0 Å². The maximum atomic E-state index is 9.17. The van der Waals surface area contributed by atoms with Crippen LogP contribution < -0.4 is 5.32 Å². The first-order chi connectivity index (χ1) is 8.58. The number of aliphatic hydroxyl groups excluding tert-OH is 1. The zero-order valence-electron chi connectivity index (χ0n) is 11.9. The van der Waals surface area contributed by atoms with Crippen LogP contribution in [0.3, 0.4) is 0 Å². The van der Waals surface area contributed by atoms with E-state index in [-0.39, 0.29) is 6.10 Å². The fourth-order valence-electron chi connectivity index (χ4n) is 2.10. The molecule has 0 spiro atoms. The normalized spacial score (nSPS) is 14.4. The largest absolute Gasteiger partial charge is 0.393 e. The van der Waals surface area contributed by atoms with Gasteiger partial charge in [-0.25, -0.2) is 0 Å². The molecule has 2 nitrogen and oxygen atoms in total. The number of benzene rings is 1. The van der Waals surface area contributed by atoms with Gasteiger partial charge < -0.3 is 10.4 Å². The third-order valence-corrected chi connectivity index (χ3v) is 3.24. The van der Waals surface area contributed by atoms with E-state index in [4.69, 9.17) is 5.11 Å². The second-order valence-electron chi connectivity index (χ2n) is 5.37. The third kappa shape index (κ3) is 6.77. The van der Waals surface area contributed by atoms with Crippen molar-refractivity contribution in [1.29, 1.82) is 0 Å². The lowest BCUT2D eigenvalue weighted by Crippen LogP contribution is -2.27. The first-order valence-electron chi connectivity index (χ1n) is 7.05.